The Labute approximate surface area is 110 Å². The maximum atomic E-state index is 12.1. The monoisotopic (exact) mass is 268 g/mol. The van der Waals surface area contributed by atoms with Crippen LogP contribution in [0.25, 0.3) is 0 Å². The second-order valence-corrected chi connectivity index (χ2v) is 5.20. The van der Waals surface area contributed by atoms with E-state index in [0.717, 1.165) is 5.56 Å². The van der Waals surface area contributed by atoms with Gasteiger partial charge in [-0.05, 0) is 17.9 Å². The number of ether oxygens (including phenoxy) is 1. The molecule has 0 aromatic carbocycles. The van der Waals surface area contributed by atoms with Crippen molar-refractivity contribution >= 4 is 23.2 Å². The first-order valence-electron chi connectivity index (χ1n) is 5.74. The van der Waals surface area contributed by atoms with Gasteiger partial charge >= 0.3 is 0 Å². The lowest BCUT2D eigenvalue weighted by atomic mass is 10.2. The molecule has 1 N–H and O–H groups in total. The van der Waals surface area contributed by atoms with E-state index < -0.39 is 0 Å². The quantitative estimate of drug-likeness (QED) is 0.881. The molecule has 0 aliphatic carbocycles. The molecular weight excluding hydrogens is 252 g/mol. The number of methoxy groups -OCH3 is 1. The third-order valence-corrected chi connectivity index (χ3v) is 3.94. The van der Waals surface area contributed by atoms with Gasteiger partial charge in [0, 0.05) is 26.3 Å². The number of thiophene rings is 1. The molecule has 98 valence electrons. The first kappa shape index (κ1) is 13.0. The Morgan fingerprint density at radius 3 is 3.06 bits per heavy atom. The lowest BCUT2D eigenvalue weighted by molar-refractivity contribution is -0.128. The van der Waals surface area contributed by atoms with Crippen molar-refractivity contribution in [2.24, 2.45) is 0 Å². The topological polar surface area (TPSA) is 58.6 Å². The van der Waals surface area contributed by atoms with E-state index in [4.69, 9.17) is 4.74 Å². The zero-order valence-corrected chi connectivity index (χ0v) is 11.3. The number of carbonyl (C=O) groups is 2. The molecule has 5 nitrogen and oxygen atoms in total. The summed E-state index contributed by atoms with van der Waals surface area (Å²) in [4.78, 5) is 26.1. The molecule has 0 spiro atoms. The second-order valence-electron chi connectivity index (χ2n) is 4.28. The summed E-state index contributed by atoms with van der Waals surface area (Å²) in [7, 11) is 3.34. The molecule has 0 bridgehead atoms. The summed E-state index contributed by atoms with van der Waals surface area (Å²) in [6, 6.07) is 1.48. The average Bonchev–Trinajstić information content (AvgIpc) is 2.92. The summed E-state index contributed by atoms with van der Waals surface area (Å²) in [5, 5.41) is 4.64. The maximum Gasteiger partial charge on any atom is 0.262 e. The molecule has 2 rings (SSSR count). The van der Waals surface area contributed by atoms with Crippen LogP contribution >= 0.6 is 11.3 Å². The van der Waals surface area contributed by atoms with Crippen LogP contribution in [0.2, 0.25) is 0 Å². The summed E-state index contributed by atoms with van der Waals surface area (Å²) in [6.07, 6.45) is 0.673. The Morgan fingerprint density at radius 1 is 1.67 bits per heavy atom. The van der Waals surface area contributed by atoms with E-state index >= 15 is 0 Å². The van der Waals surface area contributed by atoms with E-state index in [1.54, 1.807) is 19.1 Å². The van der Waals surface area contributed by atoms with Gasteiger partial charge in [0.2, 0.25) is 5.91 Å². The largest absolute Gasteiger partial charge is 0.380 e. The number of hydrogen-bond acceptors (Lipinski definition) is 4. The van der Waals surface area contributed by atoms with Crippen molar-refractivity contribution in [2.75, 3.05) is 20.7 Å². The average molecular weight is 268 g/mol. The number of carbonyl (C=O) groups excluding carboxylic acids is 2. The van der Waals surface area contributed by atoms with Gasteiger partial charge in [-0.1, -0.05) is 0 Å². The molecule has 0 radical (unpaired) electrons. The van der Waals surface area contributed by atoms with Crippen LogP contribution in [-0.2, 0) is 16.1 Å². The summed E-state index contributed by atoms with van der Waals surface area (Å²) in [5.74, 6) is -0.209. The second kappa shape index (κ2) is 5.49. The summed E-state index contributed by atoms with van der Waals surface area (Å²) in [5.41, 5.74) is 0.860. The van der Waals surface area contributed by atoms with E-state index in [9.17, 15) is 9.59 Å². The van der Waals surface area contributed by atoms with Crippen LogP contribution in [0.3, 0.4) is 0 Å². The molecule has 2 amide bonds. The highest BCUT2D eigenvalue weighted by Crippen LogP contribution is 2.18. The van der Waals surface area contributed by atoms with Gasteiger partial charge in [-0.15, -0.1) is 11.3 Å². The SMILES string of the molecule is COCc1ccsc1C(=O)NC1CCN(C)C1=O. The summed E-state index contributed by atoms with van der Waals surface area (Å²) < 4.78 is 5.04. The first-order chi connectivity index (χ1) is 8.63. The molecule has 1 atom stereocenters. The lowest BCUT2D eigenvalue weighted by Gasteiger charge is -2.12. The van der Waals surface area contributed by atoms with Crippen molar-refractivity contribution < 1.29 is 14.3 Å². The minimum Gasteiger partial charge on any atom is -0.380 e. The number of nitrogens with zero attached hydrogens (tertiary/aromatic N) is 1. The van der Waals surface area contributed by atoms with E-state index in [1.165, 1.54) is 11.3 Å². The molecule has 1 unspecified atom stereocenters. The normalized spacial score (nSPS) is 19.3. The van der Waals surface area contributed by atoms with Crippen molar-refractivity contribution in [3.63, 3.8) is 0 Å². The van der Waals surface area contributed by atoms with E-state index in [2.05, 4.69) is 5.32 Å². The number of likely N-dealkylation sites (N-methyl/N-ethyl adjacent to an activating group) is 1. The highest BCUT2D eigenvalue weighted by Gasteiger charge is 2.31. The number of likely N-dealkylation sites (tertiary alicyclic amines) is 1. The molecule has 1 aromatic heterocycles. The van der Waals surface area contributed by atoms with Gasteiger partial charge in [0.25, 0.3) is 5.91 Å². The standard InChI is InChI=1S/C12H16N2O3S/c1-14-5-3-9(12(14)16)13-11(15)10-8(7-17-2)4-6-18-10/h4,6,9H,3,5,7H2,1-2H3,(H,13,15). The van der Waals surface area contributed by atoms with E-state index in [-0.39, 0.29) is 17.9 Å². The fourth-order valence-corrected chi connectivity index (χ4v) is 2.80. The van der Waals surface area contributed by atoms with Gasteiger partial charge in [0.1, 0.15) is 6.04 Å². The van der Waals surface area contributed by atoms with Crippen molar-refractivity contribution in [1.82, 2.24) is 10.2 Å². The van der Waals surface area contributed by atoms with Crippen molar-refractivity contribution in [2.45, 2.75) is 19.1 Å². The first-order valence-corrected chi connectivity index (χ1v) is 6.62. The summed E-state index contributed by atoms with van der Waals surface area (Å²) in [6.45, 7) is 1.10. The number of rotatable bonds is 4. The maximum absolute atomic E-state index is 12.1. The number of hydrogen-bond donors (Lipinski definition) is 1. The molecule has 1 aliphatic rings. The fraction of sp³-hybridized carbons (Fsp3) is 0.500. The molecule has 1 fully saturated rings. The van der Waals surface area contributed by atoms with Crippen LogP contribution in [-0.4, -0.2) is 43.5 Å². The van der Waals surface area contributed by atoms with Crippen LogP contribution in [0.15, 0.2) is 11.4 Å². The predicted molar refractivity (Wildman–Crippen MR) is 68.5 cm³/mol. The van der Waals surface area contributed by atoms with Crippen LogP contribution in [0.1, 0.15) is 21.7 Å². The Morgan fingerprint density at radius 2 is 2.44 bits per heavy atom. The molecule has 6 heteroatoms. The van der Waals surface area contributed by atoms with Gasteiger partial charge in [-0.25, -0.2) is 0 Å². The molecule has 1 aromatic rings. The van der Waals surface area contributed by atoms with Gasteiger partial charge in [-0.3, -0.25) is 9.59 Å². The van der Waals surface area contributed by atoms with Crippen LogP contribution in [0.5, 0.6) is 0 Å². The zero-order valence-electron chi connectivity index (χ0n) is 10.4. The van der Waals surface area contributed by atoms with Crippen LogP contribution in [0, 0.1) is 0 Å². The van der Waals surface area contributed by atoms with Gasteiger partial charge in [-0.2, -0.15) is 0 Å². The molecule has 0 saturated carbocycles. The van der Waals surface area contributed by atoms with Crippen molar-refractivity contribution in [3.05, 3.63) is 21.9 Å². The lowest BCUT2D eigenvalue weighted by Crippen LogP contribution is -2.40. The Hall–Kier alpha value is -1.40. The summed E-state index contributed by atoms with van der Waals surface area (Å²) >= 11 is 1.37. The number of nitrogens with one attached hydrogen (secondary N) is 1. The fourth-order valence-electron chi connectivity index (χ4n) is 1.98. The number of amides is 2. The predicted octanol–water partition coefficient (Wildman–Crippen LogP) is 0.855. The van der Waals surface area contributed by atoms with Crippen molar-refractivity contribution in [3.8, 4) is 0 Å². The third kappa shape index (κ3) is 2.54. The minimum absolute atomic E-state index is 0.0202. The molecule has 1 aliphatic heterocycles. The van der Waals surface area contributed by atoms with Gasteiger partial charge < -0.3 is 15.0 Å². The Kier molecular flexibility index (Phi) is 3.98. The zero-order chi connectivity index (χ0) is 13.1. The highest BCUT2D eigenvalue weighted by atomic mass is 32.1. The molecular formula is C12H16N2O3S. The Bertz CT molecular complexity index is 458. The van der Waals surface area contributed by atoms with E-state index in [0.29, 0.717) is 24.4 Å². The van der Waals surface area contributed by atoms with Gasteiger partial charge in [0.05, 0.1) is 11.5 Å². The minimum atomic E-state index is -0.389. The van der Waals surface area contributed by atoms with Gasteiger partial charge in [0.15, 0.2) is 0 Å². The molecule has 2 heterocycles. The Balaban J connectivity index is 2.03. The van der Waals surface area contributed by atoms with Crippen molar-refractivity contribution in [1.29, 1.82) is 0 Å². The molecule has 18 heavy (non-hydrogen) atoms. The smallest absolute Gasteiger partial charge is 0.262 e. The third-order valence-electron chi connectivity index (χ3n) is 2.99. The van der Waals surface area contributed by atoms with Crippen LogP contribution in [0.4, 0.5) is 0 Å². The van der Waals surface area contributed by atoms with Crippen LogP contribution < -0.4 is 5.32 Å². The highest BCUT2D eigenvalue weighted by molar-refractivity contribution is 7.12. The van der Waals surface area contributed by atoms with E-state index in [1.807, 2.05) is 11.4 Å². The molecule has 1 saturated heterocycles.